The van der Waals surface area contributed by atoms with Gasteiger partial charge in [-0.15, -0.1) is 0 Å². The smallest absolute Gasteiger partial charge is 0.227 e. The van der Waals surface area contributed by atoms with Crippen molar-refractivity contribution >= 4 is 17.5 Å². The molecule has 0 saturated carbocycles. The number of amides is 1. The summed E-state index contributed by atoms with van der Waals surface area (Å²) >= 11 is 5.96. The highest BCUT2D eigenvalue weighted by Crippen LogP contribution is 2.28. The summed E-state index contributed by atoms with van der Waals surface area (Å²) in [7, 11) is 0. The van der Waals surface area contributed by atoms with Crippen molar-refractivity contribution in [2.24, 2.45) is 11.1 Å². The summed E-state index contributed by atoms with van der Waals surface area (Å²) in [5.74, 6) is -0.0282. The first kappa shape index (κ1) is 17.0. The second-order valence-corrected chi connectivity index (χ2v) is 6.99. The van der Waals surface area contributed by atoms with Crippen molar-refractivity contribution in [1.82, 2.24) is 5.32 Å². The zero-order valence-electron chi connectivity index (χ0n) is 13.0. The van der Waals surface area contributed by atoms with Crippen LogP contribution in [0.3, 0.4) is 0 Å². The van der Waals surface area contributed by atoms with E-state index in [1.165, 1.54) is 0 Å². The second-order valence-electron chi connectivity index (χ2n) is 6.56. The van der Waals surface area contributed by atoms with E-state index < -0.39 is 11.0 Å². The molecule has 1 amide bonds. The molecule has 4 heteroatoms. The van der Waals surface area contributed by atoms with Gasteiger partial charge < -0.3 is 11.1 Å². The molecule has 112 valence electrons. The molecule has 20 heavy (non-hydrogen) atoms. The summed E-state index contributed by atoms with van der Waals surface area (Å²) in [5, 5.41) is 3.75. The first-order valence-corrected chi connectivity index (χ1v) is 7.26. The molecule has 1 atom stereocenters. The lowest BCUT2D eigenvalue weighted by molar-refractivity contribution is -0.132. The van der Waals surface area contributed by atoms with Crippen molar-refractivity contribution in [2.75, 3.05) is 0 Å². The molecule has 0 aliphatic rings. The standard InChI is InChI=1S/C16H25ClN2O/c1-11(9-12-7-6-8-13(17)10-12)19-14(20)15(2,3)16(4,5)18/h6-8,10-11H,9,18H2,1-5H3,(H,19,20). The van der Waals surface area contributed by atoms with Gasteiger partial charge in [-0.1, -0.05) is 23.7 Å². The first-order valence-electron chi connectivity index (χ1n) is 6.88. The molecule has 0 heterocycles. The summed E-state index contributed by atoms with van der Waals surface area (Å²) in [4.78, 5) is 12.4. The fourth-order valence-electron chi connectivity index (χ4n) is 1.77. The van der Waals surface area contributed by atoms with Gasteiger partial charge in [0.05, 0.1) is 5.41 Å². The topological polar surface area (TPSA) is 55.1 Å². The van der Waals surface area contributed by atoms with E-state index in [0.29, 0.717) is 5.02 Å². The lowest BCUT2D eigenvalue weighted by Gasteiger charge is -2.37. The van der Waals surface area contributed by atoms with E-state index >= 15 is 0 Å². The number of rotatable bonds is 5. The quantitative estimate of drug-likeness (QED) is 0.877. The summed E-state index contributed by atoms with van der Waals surface area (Å²) in [5.41, 5.74) is 5.98. The van der Waals surface area contributed by atoms with Gasteiger partial charge >= 0.3 is 0 Å². The third kappa shape index (κ3) is 4.22. The predicted octanol–water partition coefficient (Wildman–Crippen LogP) is 3.15. The molecule has 1 aromatic carbocycles. The van der Waals surface area contributed by atoms with Crippen LogP contribution in [0.1, 0.15) is 40.2 Å². The van der Waals surface area contributed by atoms with E-state index in [-0.39, 0.29) is 11.9 Å². The Morgan fingerprint density at radius 3 is 2.45 bits per heavy atom. The van der Waals surface area contributed by atoms with Gasteiger partial charge in [-0.2, -0.15) is 0 Å². The SMILES string of the molecule is CC(Cc1cccc(Cl)c1)NC(=O)C(C)(C)C(C)(C)N. The van der Waals surface area contributed by atoms with Crippen LogP contribution in [0.4, 0.5) is 0 Å². The van der Waals surface area contributed by atoms with Gasteiger partial charge in [0, 0.05) is 16.6 Å². The van der Waals surface area contributed by atoms with Crippen LogP contribution in [0.2, 0.25) is 5.02 Å². The molecule has 0 spiro atoms. The molecule has 0 bridgehead atoms. The van der Waals surface area contributed by atoms with Crippen LogP contribution in [0.5, 0.6) is 0 Å². The average molecular weight is 297 g/mol. The number of halogens is 1. The molecule has 0 fully saturated rings. The Hall–Kier alpha value is -1.06. The van der Waals surface area contributed by atoms with Gasteiger partial charge in [0.1, 0.15) is 0 Å². The lowest BCUT2D eigenvalue weighted by atomic mass is 9.74. The molecule has 1 rings (SSSR count). The molecule has 1 aromatic rings. The Labute approximate surface area is 126 Å². The maximum Gasteiger partial charge on any atom is 0.227 e. The van der Waals surface area contributed by atoms with E-state index in [4.69, 9.17) is 17.3 Å². The van der Waals surface area contributed by atoms with Crippen molar-refractivity contribution in [3.05, 3.63) is 34.9 Å². The van der Waals surface area contributed by atoms with E-state index in [9.17, 15) is 4.79 Å². The van der Waals surface area contributed by atoms with E-state index in [0.717, 1.165) is 12.0 Å². The Balaban J connectivity index is 2.67. The Morgan fingerprint density at radius 2 is 1.95 bits per heavy atom. The van der Waals surface area contributed by atoms with Crippen LogP contribution in [0, 0.1) is 5.41 Å². The third-order valence-corrected chi connectivity index (χ3v) is 4.22. The second kappa shape index (κ2) is 6.15. The third-order valence-electron chi connectivity index (χ3n) is 3.99. The molecular formula is C16H25ClN2O. The molecule has 0 aromatic heterocycles. The van der Waals surface area contributed by atoms with E-state index in [1.807, 2.05) is 58.9 Å². The minimum Gasteiger partial charge on any atom is -0.353 e. The number of benzene rings is 1. The van der Waals surface area contributed by atoms with Gasteiger partial charge in [0.25, 0.3) is 0 Å². The van der Waals surface area contributed by atoms with Gasteiger partial charge in [-0.05, 0) is 58.7 Å². The van der Waals surface area contributed by atoms with Crippen molar-refractivity contribution in [2.45, 2.75) is 52.6 Å². The maximum absolute atomic E-state index is 12.4. The van der Waals surface area contributed by atoms with Gasteiger partial charge in [0.15, 0.2) is 0 Å². The Kier molecular flexibility index (Phi) is 5.22. The van der Waals surface area contributed by atoms with Crippen molar-refractivity contribution in [3.63, 3.8) is 0 Å². The average Bonchev–Trinajstić information content (AvgIpc) is 2.26. The fraction of sp³-hybridized carbons (Fsp3) is 0.562. The molecule has 0 aliphatic heterocycles. The molecular weight excluding hydrogens is 272 g/mol. The van der Waals surface area contributed by atoms with Crippen LogP contribution in [-0.2, 0) is 11.2 Å². The number of hydrogen-bond acceptors (Lipinski definition) is 2. The Bertz CT molecular complexity index is 478. The maximum atomic E-state index is 12.4. The minimum atomic E-state index is -0.629. The van der Waals surface area contributed by atoms with Crippen LogP contribution in [-0.4, -0.2) is 17.5 Å². The summed E-state index contributed by atoms with van der Waals surface area (Å²) in [6, 6.07) is 7.71. The van der Waals surface area contributed by atoms with Crippen LogP contribution in [0.15, 0.2) is 24.3 Å². The van der Waals surface area contributed by atoms with E-state index in [1.54, 1.807) is 0 Å². The van der Waals surface area contributed by atoms with Crippen molar-refractivity contribution in [3.8, 4) is 0 Å². The molecule has 0 aliphatic carbocycles. The monoisotopic (exact) mass is 296 g/mol. The first-order chi connectivity index (χ1) is 9.04. The number of hydrogen-bond donors (Lipinski definition) is 2. The minimum absolute atomic E-state index is 0.0282. The molecule has 0 radical (unpaired) electrons. The molecule has 0 saturated heterocycles. The van der Waals surface area contributed by atoms with Gasteiger partial charge in [-0.25, -0.2) is 0 Å². The van der Waals surface area contributed by atoms with Crippen molar-refractivity contribution < 1.29 is 4.79 Å². The zero-order chi connectivity index (χ0) is 15.6. The summed E-state index contributed by atoms with van der Waals surface area (Å²) < 4.78 is 0. The highest BCUT2D eigenvalue weighted by molar-refractivity contribution is 6.30. The fourth-order valence-corrected chi connectivity index (χ4v) is 1.98. The predicted molar refractivity (Wildman–Crippen MR) is 84.8 cm³/mol. The van der Waals surface area contributed by atoms with Crippen molar-refractivity contribution in [1.29, 1.82) is 0 Å². The molecule has 3 N–H and O–H groups in total. The number of carbonyl (C=O) groups excluding carboxylic acids is 1. The number of nitrogens with two attached hydrogens (primary N) is 1. The van der Waals surface area contributed by atoms with Gasteiger partial charge in [0.2, 0.25) is 5.91 Å². The highest BCUT2D eigenvalue weighted by atomic mass is 35.5. The molecule has 3 nitrogen and oxygen atoms in total. The number of nitrogens with one attached hydrogen (secondary N) is 1. The largest absolute Gasteiger partial charge is 0.353 e. The van der Waals surface area contributed by atoms with Gasteiger partial charge in [-0.3, -0.25) is 4.79 Å². The highest BCUT2D eigenvalue weighted by Gasteiger charge is 2.40. The summed E-state index contributed by atoms with van der Waals surface area (Å²) in [6.45, 7) is 9.46. The summed E-state index contributed by atoms with van der Waals surface area (Å²) in [6.07, 6.45) is 0.743. The normalized spacial score (nSPS) is 13.9. The molecule has 1 unspecified atom stereocenters. The van der Waals surface area contributed by atoms with Crippen LogP contribution in [0.25, 0.3) is 0 Å². The lowest BCUT2D eigenvalue weighted by Crippen LogP contribution is -2.56. The van der Waals surface area contributed by atoms with Crippen LogP contribution >= 0.6 is 11.6 Å². The number of carbonyl (C=O) groups is 1. The Morgan fingerprint density at radius 1 is 1.35 bits per heavy atom. The zero-order valence-corrected chi connectivity index (χ0v) is 13.7. The van der Waals surface area contributed by atoms with E-state index in [2.05, 4.69) is 5.32 Å². The van der Waals surface area contributed by atoms with Crippen LogP contribution < -0.4 is 11.1 Å².